The maximum atomic E-state index is 12.3. The van der Waals surface area contributed by atoms with Crippen LogP contribution in [0.3, 0.4) is 0 Å². The molecule has 21 heavy (non-hydrogen) atoms. The molecule has 0 aliphatic heterocycles. The Morgan fingerprint density at radius 2 is 2.10 bits per heavy atom. The van der Waals surface area contributed by atoms with Gasteiger partial charge in [0.25, 0.3) is 0 Å². The van der Waals surface area contributed by atoms with Crippen molar-refractivity contribution in [3.63, 3.8) is 0 Å². The molecule has 0 aromatic carbocycles. The van der Waals surface area contributed by atoms with Crippen molar-refractivity contribution in [2.75, 3.05) is 6.61 Å². The highest BCUT2D eigenvalue weighted by molar-refractivity contribution is 7.90. The van der Waals surface area contributed by atoms with Crippen LogP contribution in [0.25, 0.3) is 0 Å². The second kappa shape index (κ2) is 5.79. The normalized spacial score (nSPS) is 27.8. The molecule has 0 aromatic rings. The monoisotopic (exact) mass is 315 g/mol. The number of esters is 1. The zero-order chi connectivity index (χ0) is 15.7. The Kier molecular flexibility index (Phi) is 4.41. The van der Waals surface area contributed by atoms with E-state index < -0.39 is 32.6 Å². The molecule has 0 saturated heterocycles. The molecule has 2 fully saturated rings. The number of sulfonamides is 1. The van der Waals surface area contributed by atoms with Crippen LogP contribution in [-0.2, 0) is 24.3 Å². The molecule has 2 atom stereocenters. The first kappa shape index (κ1) is 16.0. The molecule has 2 saturated carbocycles. The maximum Gasteiger partial charge on any atom is 0.307 e. The van der Waals surface area contributed by atoms with Crippen LogP contribution in [0.1, 0.15) is 39.0 Å². The minimum absolute atomic E-state index is 0.0307. The van der Waals surface area contributed by atoms with Crippen molar-refractivity contribution in [2.24, 2.45) is 11.3 Å². The summed E-state index contributed by atoms with van der Waals surface area (Å²) in [7, 11) is -3.58. The van der Waals surface area contributed by atoms with E-state index in [0.29, 0.717) is 19.3 Å². The Labute approximate surface area is 125 Å². The van der Waals surface area contributed by atoms with E-state index in [-0.39, 0.29) is 18.9 Å². The Morgan fingerprint density at radius 3 is 2.57 bits per heavy atom. The minimum Gasteiger partial charge on any atom is -0.461 e. The van der Waals surface area contributed by atoms with Crippen molar-refractivity contribution in [1.29, 1.82) is 0 Å². The highest BCUT2D eigenvalue weighted by atomic mass is 32.2. The average Bonchev–Trinajstić information content (AvgIpc) is 3.28. The van der Waals surface area contributed by atoms with Crippen molar-refractivity contribution < 1.29 is 22.7 Å². The lowest BCUT2D eigenvalue weighted by Crippen LogP contribution is -2.40. The predicted octanol–water partition coefficient (Wildman–Crippen LogP) is 1.13. The summed E-state index contributed by atoms with van der Waals surface area (Å²) in [6.45, 7) is 5.46. The third-order valence-electron chi connectivity index (χ3n) is 4.20. The van der Waals surface area contributed by atoms with Gasteiger partial charge in [0, 0.05) is 0 Å². The molecule has 1 N–H and O–H groups in total. The van der Waals surface area contributed by atoms with Crippen molar-refractivity contribution >= 4 is 21.9 Å². The summed E-state index contributed by atoms with van der Waals surface area (Å²) in [5, 5.41) is -0.454. The van der Waals surface area contributed by atoms with Gasteiger partial charge in [-0.1, -0.05) is 26.0 Å². The van der Waals surface area contributed by atoms with E-state index in [1.54, 1.807) is 0 Å². The molecule has 0 unspecified atom stereocenters. The van der Waals surface area contributed by atoms with Gasteiger partial charge < -0.3 is 4.74 Å². The van der Waals surface area contributed by atoms with E-state index in [2.05, 4.69) is 11.3 Å². The van der Waals surface area contributed by atoms with Gasteiger partial charge >= 0.3 is 5.97 Å². The lowest BCUT2D eigenvalue weighted by atomic mass is 9.97. The summed E-state index contributed by atoms with van der Waals surface area (Å²) in [5.41, 5.74) is -0.922. The molecule has 6 nitrogen and oxygen atoms in total. The first-order valence-corrected chi connectivity index (χ1v) is 8.73. The van der Waals surface area contributed by atoms with Crippen LogP contribution >= 0.6 is 0 Å². The number of hydrogen-bond acceptors (Lipinski definition) is 5. The largest absolute Gasteiger partial charge is 0.461 e. The van der Waals surface area contributed by atoms with Crippen LogP contribution in [0, 0.1) is 11.3 Å². The summed E-state index contributed by atoms with van der Waals surface area (Å²) >= 11 is 0. The van der Waals surface area contributed by atoms with Gasteiger partial charge in [-0.2, -0.15) is 0 Å². The fraction of sp³-hybridized carbons (Fsp3) is 0.714. The fourth-order valence-corrected chi connectivity index (χ4v) is 4.03. The number of rotatable bonds is 8. The fourth-order valence-electron chi connectivity index (χ4n) is 2.64. The van der Waals surface area contributed by atoms with E-state index in [1.165, 1.54) is 6.08 Å². The van der Waals surface area contributed by atoms with Gasteiger partial charge in [0.15, 0.2) is 0 Å². The molecule has 0 bridgehead atoms. The third kappa shape index (κ3) is 3.45. The minimum atomic E-state index is -3.58. The zero-order valence-corrected chi connectivity index (χ0v) is 12.9. The molecule has 2 aliphatic carbocycles. The van der Waals surface area contributed by atoms with Crippen LogP contribution in [0.2, 0.25) is 0 Å². The lowest BCUT2D eigenvalue weighted by molar-refractivity contribution is -0.146. The highest BCUT2D eigenvalue weighted by Gasteiger charge is 2.61. The molecule has 1 amide bonds. The molecule has 2 aliphatic rings. The van der Waals surface area contributed by atoms with Gasteiger partial charge in [-0.15, -0.1) is 0 Å². The number of hydrogen-bond donors (Lipinski definition) is 1. The third-order valence-corrected chi connectivity index (χ3v) is 6.02. The second-order valence-corrected chi connectivity index (χ2v) is 7.75. The predicted molar refractivity (Wildman–Crippen MR) is 76.7 cm³/mol. The van der Waals surface area contributed by atoms with Gasteiger partial charge in [-0.05, 0) is 25.2 Å². The number of nitrogens with one attached hydrogen (secondary N) is 1. The topological polar surface area (TPSA) is 89.5 Å². The summed E-state index contributed by atoms with van der Waals surface area (Å²) in [5.74, 6) is -1.02. The lowest BCUT2D eigenvalue weighted by Gasteiger charge is -2.16. The van der Waals surface area contributed by atoms with Gasteiger partial charge in [0.2, 0.25) is 15.9 Å². The number of ether oxygens (including phenoxy) is 1. The standard InChI is InChI=1S/C14H21NO5S/c1-3-7-20-12(16)9-14(8-10(14)4-2)13(17)15-21(18,19)11-5-6-11/h3,10-11H,1,4-9H2,2H3,(H,15,17)/t10-,14-/m1/s1. The Balaban J connectivity index is 2.02. The van der Waals surface area contributed by atoms with E-state index in [1.807, 2.05) is 6.92 Å². The Morgan fingerprint density at radius 1 is 1.43 bits per heavy atom. The average molecular weight is 315 g/mol. The summed E-state index contributed by atoms with van der Waals surface area (Å²) in [4.78, 5) is 24.1. The molecule has 0 aromatic heterocycles. The smallest absolute Gasteiger partial charge is 0.307 e. The molecule has 0 heterocycles. The number of carbonyl (C=O) groups excluding carboxylic acids is 2. The van der Waals surface area contributed by atoms with Crippen molar-refractivity contribution in [2.45, 2.75) is 44.3 Å². The number of amides is 1. The van der Waals surface area contributed by atoms with Crippen LogP contribution in [0.5, 0.6) is 0 Å². The van der Waals surface area contributed by atoms with Gasteiger partial charge in [0.1, 0.15) is 6.61 Å². The van der Waals surface area contributed by atoms with Crippen LogP contribution in [-0.4, -0.2) is 32.2 Å². The Hall–Kier alpha value is -1.37. The van der Waals surface area contributed by atoms with Crippen molar-refractivity contribution in [1.82, 2.24) is 4.72 Å². The van der Waals surface area contributed by atoms with E-state index in [9.17, 15) is 18.0 Å². The van der Waals surface area contributed by atoms with Gasteiger partial charge in [-0.25, -0.2) is 8.42 Å². The second-order valence-electron chi connectivity index (χ2n) is 5.79. The summed E-state index contributed by atoms with van der Waals surface area (Å²) in [6, 6.07) is 0. The first-order chi connectivity index (χ1) is 9.85. The highest BCUT2D eigenvalue weighted by Crippen LogP contribution is 2.57. The summed E-state index contributed by atoms with van der Waals surface area (Å²) < 4.78 is 30.8. The van der Waals surface area contributed by atoms with Gasteiger partial charge in [-0.3, -0.25) is 14.3 Å². The zero-order valence-electron chi connectivity index (χ0n) is 12.1. The molecule has 0 radical (unpaired) electrons. The molecular formula is C14H21NO5S. The first-order valence-electron chi connectivity index (χ1n) is 7.18. The van der Waals surface area contributed by atoms with E-state index >= 15 is 0 Å². The molecule has 118 valence electrons. The van der Waals surface area contributed by atoms with Crippen LogP contribution < -0.4 is 4.72 Å². The molecule has 0 spiro atoms. The van der Waals surface area contributed by atoms with E-state index in [0.717, 1.165) is 6.42 Å². The maximum absolute atomic E-state index is 12.3. The van der Waals surface area contributed by atoms with E-state index in [4.69, 9.17) is 4.74 Å². The van der Waals surface area contributed by atoms with Crippen LogP contribution in [0.15, 0.2) is 12.7 Å². The summed E-state index contributed by atoms with van der Waals surface area (Å²) in [6.07, 6.45) is 3.81. The molecule has 2 rings (SSSR count). The SMILES string of the molecule is C=CCOC(=O)C[C@]1(C(=O)NS(=O)(=O)C2CC2)C[C@H]1CC. The number of carbonyl (C=O) groups is 2. The van der Waals surface area contributed by atoms with Crippen molar-refractivity contribution in [3.8, 4) is 0 Å². The van der Waals surface area contributed by atoms with Crippen LogP contribution in [0.4, 0.5) is 0 Å². The molecule has 7 heteroatoms. The van der Waals surface area contributed by atoms with Gasteiger partial charge in [0.05, 0.1) is 17.1 Å². The van der Waals surface area contributed by atoms with Crippen molar-refractivity contribution in [3.05, 3.63) is 12.7 Å². The Bertz CT molecular complexity index is 552. The molecular weight excluding hydrogens is 294 g/mol. The quantitative estimate of drug-likeness (QED) is 0.536.